The van der Waals surface area contributed by atoms with E-state index in [1.54, 1.807) is 40.5 Å². The molecule has 1 fully saturated rings. The van der Waals surface area contributed by atoms with Gasteiger partial charge in [0, 0.05) is 37.3 Å². The quantitative estimate of drug-likeness (QED) is 0.525. The maximum Gasteiger partial charge on any atom is 0.391 e. The van der Waals surface area contributed by atoms with E-state index >= 15 is 0 Å². The van der Waals surface area contributed by atoms with Gasteiger partial charge >= 0.3 is 6.18 Å². The second-order valence-electron chi connectivity index (χ2n) is 6.99. The molecular weight excluding hydrogens is 387 g/mol. The third kappa shape index (κ3) is 6.33. The molecule has 0 bridgehead atoms. The summed E-state index contributed by atoms with van der Waals surface area (Å²) in [6.45, 7) is 0.552. The molecule has 9 heteroatoms. The molecule has 1 aromatic rings. The molecule has 1 aromatic carbocycles. The van der Waals surface area contributed by atoms with Crippen LogP contribution in [0.3, 0.4) is 0 Å². The number of hydrogen-bond acceptors (Lipinski definition) is 4. The second kappa shape index (κ2) is 10.5. The van der Waals surface area contributed by atoms with E-state index in [1.165, 1.54) is 0 Å². The molecule has 29 heavy (non-hydrogen) atoms. The Balaban J connectivity index is 1.89. The molecule has 0 amide bonds. The van der Waals surface area contributed by atoms with Crippen LogP contribution in [-0.4, -0.2) is 53.1 Å². The van der Waals surface area contributed by atoms with Crippen molar-refractivity contribution in [3.63, 3.8) is 0 Å². The summed E-state index contributed by atoms with van der Waals surface area (Å²) in [5.74, 6) is 1.35. The zero-order chi connectivity index (χ0) is 21.4. The van der Waals surface area contributed by atoms with Crippen LogP contribution in [0.1, 0.15) is 31.2 Å². The minimum absolute atomic E-state index is 0.00939. The molecule has 1 aliphatic rings. The van der Waals surface area contributed by atoms with E-state index in [1.807, 2.05) is 0 Å². The molecule has 2 rings (SSSR count). The lowest BCUT2D eigenvalue weighted by Crippen LogP contribution is -2.46. The SMILES string of the molecule is CN=C(NCCc1c(OC)cc(OC)cc1OC)NC1CCC(C(F)(F)F)CC1. The highest BCUT2D eigenvalue weighted by atomic mass is 19.4. The van der Waals surface area contributed by atoms with Gasteiger partial charge in [-0.25, -0.2) is 0 Å². The van der Waals surface area contributed by atoms with Crippen LogP contribution >= 0.6 is 0 Å². The Hall–Kier alpha value is -2.32. The van der Waals surface area contributed by atoms with E-state index in [0.29, 0.717) is 49.0 Å². The number of hydrogen-bond donors (Lipinski definition) is 2. The molecule has 0 radical (unpaired) electrons. The van der Waals surface area contributed by atoms with Gasteiger partial charge in [0.2, 0.25) is 0 Å². The first-order valence-corrected chi connectivity index (χ1v) is 9.65. The fourth-order valence-corrected chi connectivity index (χ4v) is 3.58. The van der Waals surface area contributed by atoms with Gasteiger partial charge in [-0.1, -0.05) is 0 Å². The summed E-state index contributed by atoms with van der Waals surface area (Å²) in [6, 6.07) is 3.58. The molecule has 0 saturated heterocycles. The Morgan fingerprint density at radius 3 is 2.07 bits per heavy atom. The Kier molecular flexibility index (Phi) is 8.28. The second-order valence-corrected chi connectivity index (χ2v) is 6.99. The molecule has 0 heterocycles. The topological polar surface area (TPSA) is 64.1 Å². The number of halogens is 3. The van der Waals surface area contributed by atoms with Crippen LogP contribution in [0.2, 0.25) is 0 Å². The minimum Gasteiger partial charge on any atom is -0.496 e. The molecule has 164 valence electrons. The van der Waals surface area contributed by atoms with E-state index in [9.17, 15) is 13.2 Å². The fourth-order valence-electron chi connectivity index (χ4n) is 3.58. The highest BCUT2D eigenvalue weighted by Crippen LogP contribution is 2.37. The lowest BCUT2D eigenvalue weighted by Gasteiger charge is -2.31. The van der Waals surface area contributed by atoms with E-state index < -0.39 is 12.1 Å². The number of benzene rings is 1. The first-order valence-electron chi connectivity index (χ1n) is 9.65. The molecule has 0 atom stereocenters. The largest absolute Gasteiger partial charge is 0.496 e. The number of nitrogens with one attached hydrogen (secondary N) is 2. The van der Waals surface area contributed by atoms with Crippen molar-refractivity contribution in [1.29, 1.82) is 0 Å². The van der Waals surface area contributed by atoms with Gasteiger partial charge in [-0.3, -0.25) is 4.99 Å². The summed E-state index contributed by atoms with van der Waals surface area (Å²) in [4.78, 5) is 4.18. The highest BCUT2D eigenvalue weighted by molar-refractivity contribution is 5.80. The predicted molar refractivity (Wildman–Crippen MR) is 106 cm³/mol. The predicted octanol–water partition coefficient (Wildman–Crippen LogP) is 3.54. The maximum atomic E-state index is 12.8. The van der Waals surface area contributed by atoms with Gasteiger partial charge in [0.25, 0.3) is 0 Å². The van der Waals surface area contributed by atoms with Crippen LogP contribution < -0.4 is 24.8 Å². The number of methoxy groups -OCH3 is 3. The summed E-state index contributed by atoms with van der Waals surface area (Å²) < 4.78 is 54.6. The summed E-state index contributed by atoms with van der Waals surface area (Å²) >= 11 is 0. The van der Waals surface area contributed by atoms with Crippen LogP contribution in [0.4, 0.5) is 13.2 Å². The standard InChI is InChI=1S/C20H30F3N3O3/c1-24-19(26-14-7-5-13(6-8-14)20(21,22)23)25-10-9-16-17(28-3)11-15(27-2)12-18(16)29-4/h11-14H,5-10H2,1-4H3,(H2,24,25,26). The molecule has 0 aliphatic heterocycles. The maximum absolute atomic E-state index is 12.8. The fraction of sp³-hybridized carbons (Fsp3) is 0.650. The molecule has 2 N–H and O–H groups in total. The van der Waals surface area contributed by atoms with Crippen LogP contribution in [0.5, 0.6) is 17.2 Å². The zero-order valence-electron chi connectivity index (χ0n) is 17.4. The van der Waals surface area contributed by atoms with Gasteiger partial charge < -0.3 is 24.8 Å². The number of alkyl halides is 3. The first kappa shape index (κ1) is 23.0. The van der Waals surface area contributed by atoms with Gasteiger partial charge in [-0.2, -0.15) is 13.2 Å². The Morgan fingerprint density at radius 2 is 1.62 bits per heavy atom. The van der Waals surface area contributed by atoms with Crippen molar-refractivity contribution in [3.8, 4) is 17.2 Å². The van der Waals surface area contributed by atoms with Crippen molar-refractivity contribution in [2.24, 2.45) is 10.9 Å². The Bertz CT molecular complexity index is 662. The molecular formula is C20H30F3N3O3. The van der Waals surface area contributed by atoms with Gasteiger partial charge in [0.05, 0.1) is 27.2 Å². The normalized spacial score (nSPS) is 20.2. The zero-order valence-corrected chi connectivity index (χ0v) is 17.4. The van der Waals surface area contributed by atoms with Crippen molar-refractivity contribution in [3.05, 3.63) is 17.7 Å². The molecule has 1 saturated carbocycles. The summed E-state index contributed by atoms with van der Waals surface area (Å²) in [7, 11) is 6.39. The van der Waals surface area contributed by atoms with Crippen LogP contribution in [0.15, 0.2) is 17.1 Å². The number of guanidine groups is 1. The first-order chi connectivity index (χ1) is 13.8. The van der Waals surface area contributed by atoms with Crippen molar-refractivity contribution in [2.75, 3.05) is 34.9 Å². The Labute approximate surface area is 169 Å². The number of ether oxygens (including phenoxy) is 3. The van der Waals surface area contributed by atoms with E-state index in [-0.39, 0.29) is 18.9 Å². The minimum atomic E-state index is -4.10. The van der Waals surface area contributed by atoms with E-state index in [4.69, 9.17) is 14.2 Å². The molecule has 0 spiro atoms. The molecule has 6 nitrogen and oxygen atoms in total. The average Bonchev–Trinajstić information content (AvgIpc) is 2.72. The van der Waals surface area contributed by atoms with Gasteiger partial charge in [0.1, 0.15) is 17.2 Å². The molecule has 0 unspecified atom stereocenters. The molecule has 1 aliphatic carbocycles. The third-order valence-electron chi connectivity index (χ3n) is 5.24. The summed E-state index contributed by atoms with van der Waals surface area (Å²) in [6.07, 6.45) is -2.23. The van der Waals surface area contributed by atoms with Crippen molar-refractivity contribution < 1.29 is 27.4 Å². The van der Waals surface area contributed by atoms with Crippen LogP contribution in [0.25, 0.3) is 0 Å². The number of rotatable bonds is 7. The van der Waals surface area contributed by atoms with Gasteiger partial charge in [-0.05, 0) is 32.1 Å². The van der Waals surface area contributed by atoms with Crippen molar-refractivity contribution >= 4 is 5.96 Å². The Morgan fingerprint density at radius 1 is 1.03 bits per heavy atom. The van der Waals surface area contributed by atoms with Gasteiger partial charge in [0.15, 0.2) is 5.96 Å². The van der Waals surface area contributed by atoms with Gasteiger partial charge in [-0.15, -0.1) is 0 Å². The lowest BCUT2D eigenvalue weighted by atomic mass is 9.85. The number of nitrogens with zero attached hydrogens (tertiary/aromatic N) is 1. The monoisotopic (exact) mass is 417 g/mol. The average molecular weight is 417 g/mol. The summed E-state index contributed by atoms with van der Waals surface area (Å²) in [5.41, 5.74) is 0.893. The van der Waals surface area contributed by atoms with E-state index in [0.717, 1.165) is 5.56 Å². The van der Waals surface area contributed by atoms with Crippen LogP contribution in [-0.2, 0) is 6.42 Å². The molecule has 0 aromatic heterocycles. The van der Waals surface area contributed by atoms with Crippen LogP contribution in [0, 0.1) is 5.92 Å². The van der Waals surface area contributed by atoms with E-state index in [2.05, 4.69) is 15.6 Å². The number of aliphatic imine (C=N–C) groups is 1. The van der Waals surface area contributed by atoms with Crippen molar-refractivity contribution in [1.82, 2.24) is 10.6 Å². The highest BCUT2D eigenvalue weighted by Gasteiger charge is 2.41. The third-order valence-corrected chi connectivity index (χ3v) is 5.24. The smallest absolute Gasteiger partial charge is 0.391 e. The summed E-state index contributed by atoms with van der Waals surface area (Å²) in [5, 5.41) is 6.44. The lowest BCUT2D eigenvalue weighted by molar-refractivity contribution is -0.182. The van der Waals surface area contributed by atoms with Crippen molar-refractivity contribution in [2.45, 2.75) is 44.3 Å².